The van der Waals surface area contributed by atoms with Crippen LogP contribution in [0.4, 0.5) is 0 Å². The van der Waals surface area contributed by atoms with Gasteiger partial charge in [0.25, 0.3) is 5.56 Å². The SMILES string of the molecule is CC(=O)c1c(C)cc(C)c(=O)n1C1(C)CCCN(C(C)C)C1. The van der Waals surface area contributed by atoms with Crippen molar-refractivity contribution in [3.8, 4) is 0 Å². The Morgan fingerprint density at radius 2 is 1.91 bits per heavy atom. The van der Waals surface area contributed by atoms with Gasteiger partial charge in [0.1, 0.15) is 0 Å². The van der Waals surface area contributed by atoms with Crippen molar-refractivity contribution in [1.29, 1.82) is 0 Å². The summed E-state index contributed by atoms with van der Waals surface area (Å²) in [5.41, 5.74) is 1.84. The molecule has 0 amide bonds. The molecule has 2 rings (SSSR count). The van der Waals surface area contributed by atoms with Gasteiger partial charge >= 0.3 is 0 Å². The molecule has 0 N–H and O–H groups in total. The maximum atomic E-state index is 12.8. The summed E-state index contributed by atoms with van der Waals surface area (Å²) in [6, 6.07) is 2.28. The van der Waals surface area contributed by atoms with Crippen molar-refractivity contribution in [2.24, 2.45) is 0 Å². The third kappa shape index (κ3) is 2.89. The fraction of sp³-hybridized carbons (Fsp3) is 0.667. The van der Waals surface area contributed by atoms with Crippen LogP contribution in [0.5, 0.6) is 0 Å². The van der Waals surface area contributed by atoms with Crippen molar-refractivity contribution in [3.05, 3.63) is 33.2 Å². The van der Waals surface area contributed by atoms with Crippen LogP contribution in [0.3, 0.4) is 0 Å². The highest BCUT2D eigenvalue weighted by Crippen LogP contribution is 2.30. The Kier molecular flexibility index (Phi) is 4.62. The van der Waals surface area contributed by atoms with Crippen LogP contribution in [0.2, 0.25) is 0 Å². The van der Waals surface area contributed by atoms with Crippen LogP contribution in [0.1, 0.15) is 62.2 Å². The normalized spacial score (nSPS) is 23.0. The standard InChI is InChI=1S/C18H28N2O2/c1-12(2)19-9-7-8-18(6,11-19)20-16(15(5)21)13(3)10-14(4)17(20)22/h10,12H,7-9,11H2,1-6H3. The molecule has 1 saturated heterocycles. The molecule has 0 spiro atoms. The molecule has 0 radical (unpaired) electrons. The van der Waals surface area contributed by atoms with Crippen LogP contribution < -0.4 is 5.56 Å². The summed E-state index contributed by atoms with van der Waals surface area (Å²) < 4.78 is 1.79. The highest BCUT2D eigenvalue weighted by Gasteiger charge is 2.37. The van der Waals surface area contributed by atoms with Crippen molar-refractivity contribution in [1.82, 2.24) is 9.47 Å². The van der Waals surface area contributed by atoms with Gasteiger partial charge in [-0.15, -0.1) is 0 Å². The summed E-state index contributed by atoms with van der Waals surface area (Å²) in [5.74, 6) is -0.0301. The first kappa shape index (κ1) is 16.9. The maximum absolute atomic E-state index is 12.8. The van der Waals surface area contributed by atoms with Crippen LogP contribution >= 0.6 is 0 Å². The number of Topliss-reactive ketones (excluding diaryl/α,β-unsaturated/α-hetero) is 1. The molecule has 122 valence electrons. The number of carbonyl (C=O) groups excluding carboxylic acids is 1. The van der Waals surface area contributed by atoms with Gasteiger partial charge in [-0.2, -0.15) is 0 Å². The molecule has 0 aromatic carbocycles. The van der Waals surface area contributed by atoms with E-state index in [2.05, 4.69) is 25.7 Å². The van der Waals surface area contributed by atoms with Gasteiger partial charge in [-0.3, -0.25) is 19.1 Å². The van der Waals surface area contributed by atoms with Gasteiger partial charge < -0.3 is 0 Å². The number of hydrogen-bond acceptors (Lipinski definition) is 3. The average molecular weight is 304 g/mol. The Hall–Kier alpha value is -1.42. The van der Waals surface area contributed by atoms with E-state index >= 15 is 0 Å². The summed E-state index contributed by atoms with van der Waals surface area (Å²) in [5, 5.41) is 0. The van der Waals surface area contributed by atoms with E-state index in [0.717, 1.165) is 31.5 Å². The van der Waals surface area contributed by atoms with Gasteiger partial charge in [0.15, 0.2) is 5.78 Å². The van der Waals surface area contributed by atoms with E-state index in [-0.39, 0.29) is 16.9 Å². The van der Waals surface area contributed by atoms with Crippen molar-refractivity contribution in [2.75, 3.05) is 13.1 Å². The molecule has 1 aromatic rings. The first-order valence-corrected chi connectivity index (χ1v) is 8.16. The van der Waals surface area contributed by atoms with Gasteiger partial charge in [-0.25, -0.2) is 0 Å². The molecule has 22 heavy (non-hydrogen) atoms. The number of rotatable bonds is 3. The molecule has 0 aliphatic carbocycles. The minimum absolute atomic E-state index is 0.0242. The zero-order chi connectivity index (χ0) is 16.7. The number of aryl methyl sites for hydroxylation is 2. The number of piperidine rings is 1. The highest BCUT2D eigenvalue weighted by molar-refractivity contribution is 5.94. The Morgan fingerprint density at radius 1 is 1.27 bits per heavy atom. The lowest BCUT2D eigenvalue weighted by molar-refractivity contribution is 0.0767. The molecule has 0 saturated carbocycles. The Morgan fingerprint density at radius 3 is 2.45 bits per heavy atom. The summed E-state index contributed by atoms with van der Waals surface area (Å²) in [6.45, 7) is 13.7. The summed E-state index contributed by atoms with van der Waals surface area (Å²) in [4.78, 5) is 27.4. The van der Waals surface area contributed by atoms with Crippen molar-refractivity contribution in [3.63, 3.8) is 0 Å². The number of aromatic nitrogens is 1. The Balaban J connectivity index is 2.64. The second kappa shape index (κ2) is 5.99. The molecule has 1 aliphatic heterocycles. The minimum Gasteiger partial charge on any atom is -0.299 e. The largest absolute Gasteiger partial charge is 0.299 e. The van der Waals surface area contributed by atoms with Crippen molar-refractivity contribution >= 4 is 5.78 Å². The van der Waals surface area contributed by atoms with E-state index in [9.17, 15) is 9.59 Å². The van der Waals surface area contributed by atoms with Gasteiger partial charge in [-0.1, -0.05) is 0 Å². The predicted octanol–water partition coefficient (Wildman–Crippen LogP) is 2.89. The van der Waals surface area contributed by atoms with E-state index in [4.69, 9.17) is 0 Å². The third-order valence-corrected chi connectivity index (χ3v) is 4.88. The molecule has 1 fully saturated rings. The molecule has 0 bridgehead atoms. The molecule has 1 aliphatic rings. The molecular weight excluding hydrogens is 276 g/mol. The number of likely N-dealkylation sites (tertiary alicyclic amines) is 1. The molecule has 1 unspecified atom stereocenters. The van der Waals surface area contributed by atoms with E-state index in [0.29, 0.717) is 17.3 Å². The highest BCUT2D eigenvalue weighted by atomic mass is 16.1. The van der Waals surface area contributed by atoms with Gasteiger partial charge in [0.05, 0.1) is 11.2 Å². The molecule has 1 aromatic heterocycles. The first-order chi connectivity index (χ1) is 10.2. The van der Waals surface area contributed by atoms with E-state index in [1.54, 1.807) is 11.5 Å². The van der Waals surface area contributed by atoms with Crippen molar-refractivity contribution < 1.29 is 4.79 Å². The topological polar surface area (TPSA) is 42.3 Å². The van der Waals surface area contributed by atoms with Crippen LogP contribution in [-0.2, 0) is 5.54 Å². The van der Waals surface area contributed by atoms with Gasteiger partial charge in [-0.05, 0) is 65.6 Å². The molecule has 4 heteroatoms. The summed E-state index contributed by atoms with van der Waals surface area (Å²) >= 11 is 0. The lowest BCUT2D eigenvalue weighted by Gasteiger charge is -2.44. The minimum atomic E-state index is -0.322. The second-order valence-electron chi connectivity index (χ2n) is 7.22. The zero-order valence-corrected chi connectivity index (χ0v) is 14.7. The fourth-order valence-corrected chi connectivity index (χ4v) is 3.74. The van der Waals surface area contributed by atoms with Crippen LogP contribution in [-0.4, -0.2) is 34.4 Å². The van der Waals surface area contributed by atoms with E-state index in [1.807, 2.05) is 19.9 Å². The second-order valence-corrected chi connectivity index (χ2v) is 7.22. The molecule has 2 heterocycles. The van der Waals surface area contributed by atoms with Gasteiger partial charge in [0.2, 0.25) is 0 Å². The van der Waals surface area contributed by atoms with Crippen LogP contribution in [0.25, 0.3) is 0 Å². The summed E-state index contributed by atoms with van der Waals surface area (Å²) in [7, 11) is 0. The number of nitrogens with zero attached hydrogens (tertiary/aromatic N) is 2. The Labute approximate surface area is 133 Å². The predicted molar refractivity (Wildman–Crippen MR) is 89.8 cm³/mol. The number of pyridine rings is 1. The lowest BCUT2D eigenvalue weighted by atomic mass is 9.88. The van der Waals surface area contributed by atoms with Gasteiger partial charge in [0, 0.05) is 25.1 Å². The number of hydrogen-bond donors (Lipinski definition) is 0. The Bertz CT molecular complexity index is 645. The van der Waals surface area contributed by atoms with Crippen LogP contribution in [0, 0.1) is 13.8 Å². The third-order valence-electron chi connectivity index (χ3n) is 4.88. The molecule has 1 atom stereocenters. The molecule has 4 nitrogen and oxygen atoms in total. The number of ketones is 1. The lowest BCUT2D eigenvalue weighted by Crippen LogP contribution is -2.54. The smallest absolute Gasteiger partial charge is 0.254 e. The first-order valence-electron chi connectivity index (χ1n) is 8.16. The van der Waals surface area contributed by atoms with E-state index in [1.165, 1.54) is 0 Å². The monoisotopic (exact) mass is 304 g/mol. The summed E-state index contributed by atoms with van der Waals surface area (Å²) in [6.07, 6.45) is 1.98. The molecular formula is C18H28N2O2. The maximum Gasteiger partial charge on any atom is 0.254 e. The average Bonchev–Trinajstić information content (AvgIpc) is 2.41. The fourth-order valence-electron chi connectivity index (χ4n) is 3.74. The van der Waals surface area contributed by atoms with E-state index < -0.39 is 0 Å². The quantitative estimate of drug-likeness (QED) is 0.806. The number of carbonyl (C=O) groups is 1. The van der Waals surface area contributed by atoms with Crippen molar-refractivity contribution in [2.45, 2.75) is 66.0 Å². The van der Waals surface area contributed by atoms with Crippen LogP contribution in [0.15, 0.2) is 10.9 Å². The zero-order valence-electron chi connectivity index (χ0n) is 14.7.